The highest BCUT2D eigenvalue weighted by molar-refractivity contribution is 6.31. The molecule has 0 amide bonds. The minimum atomic E-state index is -4.45. The number of aromatic nitrogens is 2. The number of aryl methyl sites for hydroxylation is 1. The van der Waals surface area contributed by atoms with Crippen LogP contribution in [0.25, 0.3) is 0 Å². The van der Waals surface area contributed by atoms with Crippen LogP contribution in [-0.2, 0) is 18.1 Å². The van der Waals surface area contributed by atoms with E-state index in [0.29, 0.717) is 31.0 Å². The van der Waals surface area contributed by atoms with E-state index in [-0.39, 0.29) is 11.5 Å². The van der Waals surface area contributed by atoms with Gasteiger partial charge in [-0.25, -0.2) is 4.68 Å². The predicted molar refractivity (Wildman–Crippen MR) is 86.4 cm³/mol. The molecule has 3 nitrogen and oxygen atoms in total. The molecule has 4 rings (SSSR count). The molecule has 2 heterocycles. The van der Waals surface area contributed by atoms with Crippen molar-refractivity contribution in [2.75, 3.05) is 11.9 Å². The van der Waals surface area contributed by atoms with E-state index in [1.54, 1.807) is 12.1 Å². The quantitative estimate of drug-likeness (QED) is 0.835. The summed E-state index contributed by atoms with van der Waals surface area (Å²) in [6, 6.07) is 7.18. The van der Waals surface area contributed by atoms with E-state index in [9.17, 15) is 13.2 Å². The Morgan fingerprint density at radius 3 is 2.54 bits per heavy atom. The van der Waals surface area contributed by atoms with Gasteiger partial charge in [0, 0.05) is 23.5 Å². The predicted octanol–water partition coefficient (Wildman–Crippen LogP) is 4.84. The molecule has 0 radical (unpaired) electrons. The molecule has 1 fully saturated rings. The van der Waals surface area contributed by atoms with Crippen molar-refractivity contribution >= 4 is 17.4 Å². The zero-order chi connectivity index (χ0) is 16.9. The van der Waals surface area contributed by atoms with Crippen LogP contribution in [0.5, 0.6) is 0 Å². The average molecular weight is 356 g/mol. The summed E-state index contributed by atoms with van der Waals surface area (Å²) < 4.78 is 43.0. The summed E-state index contributed by atoms with van der Waals surface area (Å²) in [6.07, 6.45) is -1.54. The van der Waals surface area contributed by atoms with E-state index in [4.69, 9.17) is 11.6 Å². The molecule has 1 saturated carbocycles. The topological polar surface area (TPSA) is 29.9 Å². The van der Waals surface area contributed by atoms with Crippen LogP contribution in [0.2, 0.25) is 5.02 Å². The van der Waals surface area contributed by atoms with E-state index in [2.05, 4.69) is 10.4 Å². The van der Waals surface area contributed by atoms with Crippen LogP contribution >= 0.6 is 11.6 Å². The summed E-state index contributed by atoms with van der Waals surface area (Å²) in [4.78, 5) is 0. The second kappa shape index (κ2) is 5.41. The Labute approximate surface area is 142 Å². The highest BCUT2D eigenvalue weighted by Crippen LogP contribution is 2.54. The Balaban J connectivity index is 1.95. The number of hydrogen-bond donors (Lipinski definition) is 1. The maximum absolute atomic E-state index is 13.9. The molecular weight excluding hydrogens is 339 g/mol. The van der Waals surface area contributed by atoms with E-state index in [1.807, 2.05) is 12.1 Å². The van der Waals surface area contributed by atoms with Gasteiger partial charge in [-0.1, -0.05) is 36.2 Å². The second-order valence-corrected chi connectivity index (χ2v) is 6.90. The molecule has 1 aromatic carbocycles. The summed E-state index contributed by atoms with van der Waals surface area (Å²) in [5.41, 5.74) is -0.491. The number of rotatable bonds is 2. The molecular formula is C17H17ClF3N3. The van der Waals surface area contributed by atoms with Crippen LogP contribution < -0.4 is 5.32 Å². The van der Waals surface area contributed by atoms with E-state index in [0.717, 1.165) is 18.4 Å². The molecule has 0 spiro atoms. The molecule has 1 N–H and O–H groups in total. The Hall–Kier alpha value is -1.69. The minimum Gasteiger partial charge on any atom is -0.370 e. The highest BCUT2D eigenvalue weighted by atomic mass is 35.5. The highest BCUT2D eigenvalue weighted by Gasteiger charge is 2.51. The average Bonchev–Trinajstić information content (AvgIpc) is 2.87. The molecule has 1 aromatic heterocycles. The molecule has 128 valence electrons. The number of benzene rings is 1. The van der Waals surface area contributed by atoms with Crippen LogP contribution in [-0.4, -0.2) is 16.3 Å². The van der Waals surface area contributed by atoms with Crippen LogP contribution in [0, 0.1) is 0 Å². The number of nitrogens with zero attached hydrogens (tertiary/aromatic N) is 2. The summed E-state index contributed by atoms with van der Waals surface area (Å²) in [5, 5.41) is 7.80. The Morgan fingerprint density at radius 2 is 1.92 bits per heavy atom. The maximum Gasteiger partial charge on any atom is 0.421 e. The first-order valence-electron chi connectivity index (χ1n) is 8.11. The van der Waals surface area contributed by atoms with E-state index >= 15 is 0 Å². The molecule has 0 bridgehead atoms. The van der Waals surface area contributed by atoms with Crippen molar-refractivity contribution in [1.82, 2.24) is 9.78 Å². The molecule has 0 atom stereocenters. The molecule has 2 aromatic rings. The van der Waals surface area contributed by atoms with Crippen molar-refractivity contribution in [3.8, 4) is 0 Å². The lowest BCUT2D eigenvalue weighted by molar-refractivity contribution is -0.138. The monoisotopic (exact) mass is 355 g/mol. The lowest BCUT2D eigenvalue weighted by Crippen LogP contribution is -2.38. The number of halogens is 4. The van der Waals surface area contributed by atoms with Gasteiger partial charge < -0.3 is 5.32 Å². The fraction of sp³-hybridized carbons (Fsp3) is 0.471. The van der Waals surface area contributed by atoms with Crippen LogP contribution in [0.1, 0.15) is 42.5 Å². The van der Waals surface area contributed by atoms with E-state index < -0.39 is 17.2 Å². The van der Waals surface area contributed by atoms with Gasteiger partial charge in [-0.05, 0) is 30.9 Å². The lowest BCUT2D eigenvalue weighted by Gasteiger charge is -2.42. The van der Waals surface area contributed by atoms with Crippen molar-refractivity contribution in [2.45, 2.75) is 43.8 Å². The zero-order valence-corrected chi connectivity index (χ0v) is 13.7. The zero-order valence-electron chi connectivity index (χ0n) is 13.0. The SMILES string of the molecule is FC(F)(F)c1c(C2(c3ccccc3Cl)CCC2)nn2c1NCCC2. The van der Waals surface area contributed by atoms with Gasteiger partial charge in [0.2, 0.25) is 0 Å². The number of hydrogen-bond acceptors (Lipinski definition) is 2. The number of anilines is 1. The standard InChI is InChI=1S/C17H17ClF3N3/c18-12-6-2-1-5-11(12)16(7-3-8-16)14-13(17(19,20)21)15-22-9-4-10-24(15)23-14/h1-2,5-6,22H,3-4,7-10H2. The summed E-state index contributed by atoms with van der Waals surface area (Å²) in [6.45, 7) is 1.04. The number of alkyl halides is 3. The first-order valence-corrected chi connectivity index (χ1v) is 8.49. The van der Waals surface area contributed by atoms with Crippen molar-refractivity contribution in [2.24, 2.45) is 0 Å². The van der Waals surface area contributed by atoms with Gasteiger partial charge in [0.1, 0.15) is 11.4 Å². The second-order valence-electron chi connectivity index (χ2n) is 6.49. The molecule has 1 aliphatic carbocycles. The number of nitrogens with one attached hydrogen (secondary N) is 1. The molecule has 0 saturated heterocycles. The summed E-state index contributed by atoms with van der Waals surface area (Å²) in [5.74, 6) is 0.0991. The largest absolute Gasteiger partial charge is 0.421 e. The van der Waals surface area contributed by atoms with Crippen molar-refractivity contribution in [3.63, 3.8) is 0 Å². The van der Waals surface area contributed by atoms with Crippen LogP contribution in [0.15, 0.2) is 24.3 Å². The minimum absolute atomic E-state index is 0.0991. The normalized spacial score (nSPS) is 19.3. The van der Waals surface area contributed by atoms with Crippen molar-refractivity contribution in [3.05, 3.63) is 46.1 Å². The molecule has 2 aliphatic rings. The third-order valence-corrected chi connectivity index (χ3v) is 5.45. The van der Waals surface area contributed by atoms with Gasteiger partial charge in [0.15, 0.2) is 0 Å². The Morgan fingerprint density at radius 1 is 1.17 bits per heavy atom. The smallest absolute Gasteiger partial charge is 0.370 e. The molecule has 7 heteroatoms. The van der Waals surface area contributed by atoms with Gasteiger partial charge in [0.05, 0.1) is 5.69 Å². The lowest BCUT2D eigenvalue weighted by atomic mass is 9.61. The summed E-state index contributed by atoms with van der Waals surface area (Å²) in [7, 11) is 0. The third kappa shape index (κ3) is 2.23. The molecule has 1 aliphatic heterocycles. The van der Waals surface area contributed by atoms with Crippen LogP contribution in [0.4, 0.5) is 19.0 Å². The van der Waals surface area contributed by atoms with Gasteiger partial charge in [-0.3, -0.25) is 0 Å². The fourth-order valence-corrected chi connectivity index (χ4v) is 4.17. The van der Waals surface area contributed by atoms with Gasteiger partial charge >= 0.3 is 6.18 Å². The number of fused-ring (bicyclic) bond motifs is 1. The first kappa shape index (κ1) is 15.8. The van der Waals surface area contributed by atoms with Crippen molar-refractivity contribution in [1.29, 1.82) is 0 Å². The van der Waals surface area contributed by atoms with Gasteiger partial charge in [-0.2, -0.15) is 18.3 Å². The van der Waals surface area contributed by atoms with E-state index in [1.165, 1.54) is 4.68 Å². The summed E-state index contributed by atoms with van der Waals surface area (Å²) >= 11 is 6.33. The molecule has 24 heavy (non-hydrogen) atoms. The van der Waals surface area contributed by atoms with Crippen molar-refractivity contribution < 1.29 is 13.2 Å². The first-order chi connectivity index (χ1) is 11.4. The maximum atomic E-state index is 13.9. The third-order valence-electron chi connectivity index (χ3n) is 5.12. The fourth-order valence-electron chi connectivity index (χ4n) is 3.86. The van der Waals surface area contributed by atoms with Gasteiger partial charge in [-0.15, -0.1) is 0 Å². The van der Waals surface area contributed by atoms with Gasteiger partial charge in [0.25, 0.3) is 0 Å². The van der Waals surface area contributed by atoms with Crippen LogP contribution in [0.3, 0.4) is 0 Å². The Bertz CT molecular complexity index is 778. The Kier molecular flexibility index (Phi) is 3.56. The molecule has 0 unspecified atom stereocenters.